The van der Waals surface area contributed by atoms with E-state index in [0.717, 1.165) is 6.42 Å². The third-order valence-electron chi connectivity index (χ3n) is 3.43. The van der Waals surface area contributed by atoms with Gasteiger partial charge in [0.15, 0.2) is 0 Å². The SMILES string of the molecule is CCCCCc1ccc([C@H]2N[C@H](C(=O)O)CS2)cc1. The third kappa shape index (κ3) is 3.98. The van der Waals surface area contributed by atoms with Crippen molar-refractivity contribution in [3.05, 3.63) is 35.4 Å². The van der Waals surface area contributed by atoms with E-state index in [1.165, 1.54) is 30.4 Å². The molecule has 0 bridgehead atoms. The first-order chi connectivity index (χ1) is 9.20. The molecule has 0 unspecified atom stereocenters. The highest BCUT2D eigenvalue weighted by Gasteiger charge is 2.30. The number of hydrogen-bond acceptors (Lipinski definition) is 3. The molecule has 1 aromatic rings. The van der Waals surface area contributed by atoms with E-state index in [0.29, 0.717) is 5.75 Å². The van der Waals surface area contributed by atoms with Crippen LogP contribution in [0.2, 0.25) is 0 Å². The van der Waals surface area contributed by atoms with E-state index in [1.807, 2.05) is 0 Å². The van der Waals surface area contributed by atoms with Gasteiger partial charge < -0.3 is 5.11 Å². The smallest absolute Gasteiger partial charge is 0.321 e. The van der Waals surface area contributed by atoms with Crippen molar-refractivity contribution < 1.29 is 9.90 Å². The molecule has 0 aliphatic carbocycles. The zero-order chi connectivity index (χ0) is 13.7. The van der Waals surface area contributed by atoms with Gasteiger partial charge in [0.2, 0.25) is 0 Å². The fourth-order valence-electron chi connectivity index (χ4n) is 2.24. The van der Waals surface area contributed by atoms with Crippen LogP contribution in [0.3, 0.4) is 0 Å². The molecule has 3 nitrogen and oxygen atoms in total. The number of aryl methyl sites for hydroxylation is 1. The summed E-state index contributed by atoms with van der Waals surface area (Å²) in [7, 11) is 0. The molecule has 19 heavy (non-hydrogen) atoms. The van der Waals surface area contributed by atoms with Gasteiger partial charge in [-0.2, -0.15) is 0 Å². The molecule has 1 fully saturated rings. The standard InChI is InChI=1S/C15H21NO2S/c1-2-3-4-5-11-6-8-12(9-7-11)14-16-13(10-19-14)15(17)18/h6-9,13-14,16H,2-5,10H2,1H3,(H,17,18)/t13-,14-/m0/s1. The van der Waals surface area contributed by atoms with Crippen molar-refractivity contribution in [2.24, 2.45) is 0 Å². The molecule has 0 amide bonds. The Bertz CT molecular complexity index is 419. The van der Waals surface area contributed by atoms with E-state index < -0.39 is 12.0 Å². The van der Waals surface area contributed by atoms with Crippen molar-refractivity contribution in [1.82, 2.24) is 5.32 Å². The van der Waals surface area contributed by atoms with Gasteiger partial charge in [0.05, 0.1) is 5.37 Å². The summed E-state index contributed by atoms with van der Waals surface area (Å²) in [5.41, 5.74) is 2.54. The van der Waals surface area contributed by atoms with E-state index in [-0.39, 0.29) is 5.37 Å². The van der Waals surface area contributed by atoms with Crippen LogP contribution in [-0.2, 0) is 11.2 Å². The molecule has 0 saturated carbocycles. The lowest BCUT2D eigenvalue weighted by Gasteiger charge is -2.12. The van der Waals surface area contributed by atoms with Gasteiger partial charge in [-0.05, 0) is 24.0 Å². The molecule has 2 rings (SSSR count). The maximum Gasteiger partial charge on any atom is 0.321 e. The second-order valence-corrected chi connectivity index (χ2v) is 6.11. The Kier molecular flexibility index (Phi) is 5.28. The zero-order valence-corrected chi connectivity index (χ0v) is 12.1. The number of carbonyl (C=O) groups is 1. The molecule has 1 aromatic carbocycles. The predicted molar refractivity (Wildman–Crippen MR) is 79.4 cm³/mol. The van der Waals surface area contributed by atoms with Crippen LogP contribution < -0.4 is 5.32 Å². The summed E-state index contributed by atoms with van der Waals surface area (Å²) in [4.78, 5) is 10.9. The number of benzene rings is 1. The van der Waals surface area contributed by atoms with Crippen LogP contribution in [-0.4, -0.2) is 22.9 Å². The van der Waals surface area contributed by atoms with Crippen LogP contribution in [0, 0.1) is 0 Å². The molecule has 0 aromatic heterocycles. The number of unbranched alkanes of at least 4 members (excludes halogenated alkanes) is 2. The number of rotatable bonds is 6. The normalized spacial score (nSPS) is 22.6. The Morgan fingerprint density at radius 2 is 2.11 bits per heavy atom. The van der Waals surface area contributed by atoms with Crippen LogP contribution in [0.1, 0.15) is 42.7 Å². The van der Waals surface area contributed by atoms with Crippen molar-refractivity contribution in [3.8, 4) is 0 Å². The molecule has 0 radical (unpaired) electrons. The minimum absolute atomic E-state index is 0.116. The molecule has 4 heteroatoms. The fraction of sp³-hybridized carbons (Fsp3) is 0.533. The monoisotopic (exact) mass is 279 g/mol. The van der Waals surface area contributed by atoms with Crippen LogP contribution in [0.4, 0.5) is 0 Å². The van der Waals surface area contributed by atoms with Crippen molar-refractivity contribution >= 4 is 17.7 Å². The lowest BCUT2D eigenvalue weighted by molar-refractivity contribution is -0.138. The van der Waals surface area contributed by atoms with Gasteiger partial charge >= 0.3 is 5.97 Å². The molecule has 0 spiro atoms. The number of hydrogen-bond donors (Lipinski definition) is 2. The lowest BCUT2D eigenvalue weighted by atomic mass is 10.1. The van der Waals surface area contributed by atoms with Gasteiger partial charge in [0.25, 0.3) is 0 Å². The van der Waals surface area contributed by atoms with Crippen molar-refractivity contribution in [2.45, 2.75) is 44.0 Å². The minimum atomic E-state index is -0.758. The van der Waals surface area contributed by atoms with Crippen molar-refractivity contribution in [2.75, 3.05) is 5.75 Å². The first-order valence-electron chi connectivity index (χ1n) is 6.90. The van der Waals surface area contributed by atoms with Crippen LogP contribution in [0.5, 0.6) is 0 Å². The predicted octanol–water partition coefficient (Wildman–Crippen LogP) is 3.21. The fourth-order valence-corrected chi connectivity index (χ4v) is 3.48. The molecular weight excluding hydrogens is 258 g/mol. The van der Waals surface area contributed by atoms with E-state index in [9.17, 15) is 4.79 Å². The third-order valence-corrected chi connectivity index (χ3v) is 4.70. The molecule has 1 heterocycles. The van der Waals surface area contributed by atoms with Gasteiger partial charge in [-0.15, -0.1) is 11.8 Å². The van der Waals surface area contributed by atoms with Gasteiger partial charge in [-0.3, -0.25) is 10.1 Å². The molecule has 2 atom stereocenters. The average Bonchev–Trinajstić information content (AvgIpc) is 2.90. The Balaban J connectivity index is 1.90. The first kappa shape index (κ1) is 14.4. The molecule has 2 N–H and O–H groups in total. The topological polar surface area (TPSA) is 49.3 Å². The minimum Gasteiger partial charge on any atom is -0.480 e. The summed E-state index contributed by atoms with van der Waals surface area (Å²) in [6.45, 7) is 2.21. The number of thioether (sulfide) groups is 1. The van der Waals surface area contributed by atoms with Crippen LogP contribution >= 0.6 is 11.8 Å². The van der Waals surface area contributed by atoms with E-state index in [1.54, 1.807) is 11.8 Å². The summed E-state index contributed by atoms with van der Waals surface area (Å²) >= 11 is 1.67. The summed E-state index contributed by atoms with van der Waals surface area (Å²) in [6.07, 6.45) is 4.91. The van der Waals surface area contributed by atoms with Gasteiger partial charge in [-0.1, -0.05) is 44.0 Å². The zero-order valence-electron chi connectivity index (χ0n) is 11.3. The molecule has 1 aliphatic rings. The highest BCUT2D eigenvalue weighted by atomic mass is 32.2. The number of carboxylic acid groups (broad SMARTS) is 1. The van der Waals surface area contributed by atoms with E-state index in [4.69, 9.17) is 5.11 Å². The summed E-state index contributed by atoms with van der Waals surface area (Å²) in [6, 6.07) is 8.16. The number of nitrogens with one attached hydrogen (secondary N) is 1. The van der Waals surface area contributed by atoms with E-state index >= 15 is 0 Å². The highest BCUT2D eigenvalue weighted by molar-refractivity contribution is 7.99. The Morgan fingerprint density at radius 1 is 1.37 bits per heavy atom. The Morgan fingerprint density at radius 3 is 2.68 bits per heavy atom. The summed E-state index contributed by atoms with van der Waals surface area (Å²) < 4.78 is 0. The second kappa shape index (κ2) is 6.96. The van der Waals surface area contributed by atoms with Crippen LogP contribution in [0.15, 0.2) is 24.3 Å². The molecule has 1 saturated heterocycles. The Hall–Kier alpha value is -1.00. The summed E-state index contributed by atoms with van der Waals surface area (Å²) in [5.74, 6) is -0.121. The van der Waals surface area contributed by atoms with E-state index in [2.05, 4.69) is 36.5 Å². The first-order valence-corrected chi connectivity index (χ1v) is 7.95. The molecule has 104 valence electrons. The maximum absolute atomic E-state index is 10.9. The van der Waals surface area contributed by atoms with Crippen LogP contribution in [0.25, 0.3) is 0 Å². The number of aliphatic carboxylic acids is 1. The lowest BCUT2D eigenvalue weighted by Crippen LogP contribution is -2.33. The maximum atomic E-state index is 10.9. The summed E-state index contributed by atoms with van der Waals surface area (Å²) in [5, 5.41) is 12.2. The van der Waals surface area contributed by atoms with Gasteiger partial charge in [0.1, 0.15) is 6.04 Å². The van der Waals surface area contributed by atoms with Gasteiger partial charge in [0, 0.05) is 5.75 Å². The van der Waals surface area contributed by atoms with Crippen molar-refractivity contribution in [3.63, 3.8) is 0 Å². The highest BCUT2D eigenvalue weighted by Crippen LogP contribution is 2.32. The largest absolute Gasteiger partial charge is 0.480 e. The average molecular weight is 279 g/mol. The van der Waals surface area contributed by atoms with Crippen molar-refractivity contribution in [1.29, 1.82) is 0 Å². The second-order valence-electron chi connectivity index (χ2n) is 4.97. The Labute approximate surface area is 118 Å². The molecule has 1 aliphatic heterocycles. The quantitative estimate of drug-likeness (QED) is 0.785. The molecular formula is C15H21NO2S. The van der Waals surface area contributed by atoms with Gasteiger partial charge in [-0.25, -0.2) is 0 Å². The number of carboxylic acids is 1.